The van der Waals surface area contributed by atoms with Crippen LogP contribution in [0.3, 0.4) is 0 Å². The lowest BCUT2D eigenvalue weighted by molar-refractivity contribution is 0.225. The molecule has 0 atom stereocenters. The molecular weight excluding hydrogens is 235 g/mol. The van der Waals surface area contributed by atoms with E-state index in [0.717, 1.165) is 31.7 Å². The lowest BCUT2D eigenvalue weighted by Gasteiger charge is -2.28. The Hall–Kier alpha value is -1.33. The Bertz CT molecular complexity index is 406. The smallest absolute Gasteiger partial charge is 0.165 e. The molecule has 2 rings (SSSR count). The van der Waals surface area contributed by atoms with Crippen molar-refractivity contribution in [2.75, 3.05) is 40.4 Å². The molecule has 1 aliphatic rings. The first-order chi connectivity index (χ1) is 8.76. The fourth-order valence-electron chi connectivity index (χ4n) is 2.24. The third kappa shape index (κ3) is 2.73. The highest BCUT2D eigenvalue weighted by molar-refractivity contribution is 5.45. The standard InChI is InChI=1S/C13H19FN2O2/c1-17-12-4-3-11(14)13(18-2)10(12)9-16-7-5-15-6-8-16/h3-4,15H,5-9H2,1-2H3. The van der Waals surface area contributed by atoms with E-state index in [2.05, 4.69) is 10.2 Å². The molecule has 1 aromatic carbocycles. The number of nitrogens with zero attached hydrogens (tertiary/aromatic N) is 1. The van der Waals surface area contributed by atoms with E-state index in [1.807, 2.05) is 0 Å². The van der Waals surface area contributed by atoms with E-state index in [9.17, 15) is 4.39 Å². The maximum Gasteiger partial charge on any atom is 0.165 e. The average molecular weight is 254 g/mol. The summed E-state index contributed by atoms with van der Waals surface area (Å²) in [4.78, 5) is 2.26. The van der Waals surface area contributed by atoms with Crippen molar-refractivity contribution < 1.29 is 13.9 Å². The highest BCUT2D eigenvalue weighted by Gasteiger charge is 2.19. The van der Waals surface area contributed by atoms with Gasteiger partial charge in [-0.05, 0) is 12.1 Å². The van der Waals surface area contributed by atoms with Crippen LogP contribution in [0.15, 0.2) is 12.1 Å². The summed E-state index contributed by atoms with van der Waals surface area (Å²) in [6.45, 7) is 4.46. The minimum Gasteiger partial charge on any atom is -0.496 e. The van der Waals surface area contributed by atoms with Crippen molar-refractivity contribution in [1.82, 2.24) is 10.2 Å². The van der Waals surface area contributed by atoms with Gasteiger partial charge in [-0.15, -0.1) is 0 Å². The van der Waals surface area contributed by atoms with Gasteiger partial charge in [0.05, 0.1) is 19.8 Å². The van der Waals surface area contributed by atoms with Gasteiger partial charge in [-0.1, -0.05) is 0 Å². The van der Waals surface area contributed by atoms with Crippen LogP contribution in [0.2, 0.25) is 0 Å². The van der Waals surface area contributed by atoms with Crippen LogP contribution in [0.1, 0.15) is 5.56 Å². The summed E-state index contributed by atoms with van der Waals surface area (Å²) < 4.78 is 24.2. The number of hydrogen-bond acceptors (Lipinski definition) is 4. The molecule has 1 N–H and O–H groups in total. The van der Waals surface area contributed by atoms with Crippen LogP contribution in [-0.4, -0.2) is 45.3 Å². The molecule has 4 nitrogen and oxygen atoms in total. The van der Waals surface area contributed by atoms with Gasteiger partial charge in [0.15, 0.2) is 11.6 Å². The molecule has 5 heteroatoms. The topological polar surface area (TPSA) is 33.7 Å². The van der Waals surface area contributed by atoms with Crippen molar-refractivity contribution in [3.05, 3.63) is 23.5 Å². The monoisotopic (exact) mass is 254 g/mol. The Kier molecular flexibility index (Phi) is 4.38. The zero-order chi connectivity index (χ0) is 13.0. The van der Waals surface area contributed by atoms with Crippen LogP contribution in [-0.2, 0) is 6.54 Å². The fourth-order valence-corrected chi connectivity index (χ4v) is 2.24. The summed E-state index contributed by atoms with van der Waals surface area (Å²) in [6.07, 6.45) is 0. The molecule has 1 heterocycles. The molecule has 0 spiro atoms. The van der Waals surface area contributed by atoms with Gasteiger partial charge in [0.25, 0.3) is 0 Å². The van der Waals surface area contributed by atoms with E-state index in [-0.39, 0.29) is 11.6 Å². The number of hydrogen-bond donors (Lipinski definition) is 1. The molecule has 1 fully saturated rings. The van der Waals surface area contributed by atoms with Crippen molar-refractivity contribution in [2.24, 2.45) is 0 Å². The van der Waals surface area contributed by atoms with Crippen LogP contribution < -0.4 is 14.8 Å². The largest absolute Gasteiger partial charge is 0.496 e. The Balaban J connectivity index is 2.25. The molecule has 1 aliphatic heterocycles. The number of nitrogens with one attached hydrogen (secondary N) is 1. The van der Waals surface area contributed by atoms with Gasteiger partial charge in [0.2, 0.25) is 0 Å². The molecule has 100 valence electrons. The minimum atomic E-state index is -0.344. The van der Waals surface area contributed by atoms with Gasteiger partial charge in [-0.3, -0.25) is 4.90 Å². The number of methoxy groups -OCH3 is 2. The van der Waals surface area contributed by atoms with Crippen LogP contribution >= 0.6 is 0 Å². The molecule has 0 aromatic heterocycles. The number of piperazine rings is 1. The first-order valence-electron chi connectivity index (χ1n) is 6.08. The highest BCUT2D eigenvalue weighted by atomic mass is 19.1. The van der Waals surface area contributed by atoms with Gasteiger partial charge < -0.3 is 14.8 Å². The predicted molar refractivity (Wildman–Crippen MR) is 67.7 cm³/mol. The van der Waals surface area contributed by atoms with Gasteiger partial charge in [0.1, 0.15) is 5.75 Å². The molecule has 0 amide bonds. The average Bonchev–Trinajstić information content (AvgIpc) is 2.40. The summed E-state index contributed by atoms with van der Waals surface area (Å²) in [5.41, 5.74) is 0.780. The lowest BCUT2D eigenvalue weighted by atomic mass is 10.1. The predicted octanol–water partition coefficient (Wildman–Crippen LogP) is 1.25. The van der Waals surface area contributed by atoms with Crippen molar-refractivity contribution in [2.45, 2.75) is 6.54 Å². The van der Waals surface area contributed by atoms with E-state index >= 15 is 0 Å². The summed E-state index contributed by atoms with van der Waals surface area (Å²) >= 11 is 0. The summed E-state index contributed by atoms with van der Waals surface area (Å²) in [5.74, 6) is 0.614. The van der Waals surface area contributed by atoms with Crippen molar-refractivity contribution in [3.63, 3.8) is 0 Å². The van der Waals surface area contributed by atoms with E-state index in [1.54, 1.807) is 13.2 Å². The minimum absolute atomic E-state index is 0.285. The second-order valence-corrected chi connectivity index (χ2v) is 4.29. The normalized spacial score (nSPS) is 16.6. The lowest BCUT2D eigenvalue weighted by Crippen LogP contribution is -2.43. The zero-order valence-corrected chi connectivity index (χ0v) is 10.8. The third-order valence-electron chi connectivity index (χ3n) is 3.18. The van der Waals surface area contributed by atoms with Crippen molar-refractivity contribution in [3.8, 4) is 11.5 Å². The maximum atomic E-state index is 13.7. The SMILES string of the molecule is COc1ccc(F)c(OC)c1CN1CCNCC1. The van der Waals surface area contributed by atoms with Crippen LogP contribution in [0.5, 0.6) is 11.5 Å². The Morgan fingerprint density at radius 2 is 1.94 bits per heavy atom. The van der Waals surface area contributed by atoms with Gasteiger partial charge >= 0.3 is 0 Å². The van der Waals surface area contributed by atoms with E-state index in [4.69, 9.17) is 9.47 Å². The number of ether oxygens (including phenoxy) is 2. The van der Waals surface area contributed by atoms with Crippen molar-refractivity contribution >= 4 is 0 Å². The molecule has 0 saturated carbocycles. The van der Waals surface area contributed by atoms with Gasteiger partial charge in [-0.25, -0.2) is 4.39 Å². The second-order valence-electron chi connectivity index (χ2n) is 4.29. The Morgan fingerprint density at radius 3 is 2.56 bits per heavy atom. The van der Waals surface area contributed by atoms with Crippen LogP contribution in [0, 0.1) is 5.82 Å². The Labute approximate surface area is 107 Å². The van der Waals surface area contributed by atoms with Gasteiger partial charge in [0, 0.05) is 32.7 Å². The molecule has 0 bridgehead atoms. The van der Waals surface area contributed by atoms with Gasteiger partial charge in [-0.2, -0.15) is 0 Å². The van der Waals surface area contributed by atoms with E-state index in [1.165, 1.54) is 13.2 Å². The first-order valence-corrected chi connectivity index (χ1v) is 6.08. The summed E-state index contributed by atoms with van der Waals surface area (Å²) in [5, 5.41) is 3.29. The van der Waals surface area contributed by atoms with E-state index < -0.39 is 0 Å². The number of halogens is 1. The van der Waals surface area contributed by atoms with E-state index in [0.29, 0.717) is 12.3 Å². The quantitative estimate of drug-likeness (QED) is 0.876. The molecule has 18 heavy (non-hydrogen) atoms. The first kappa shape index (κ1) is 13.1. The zero-order valence-electron chi connectivity index (χ0n) is 10.8. The third-order valence-corrected chi connectivity index (χ3v) is 3.18. The number of benzene rings is 1. The second kappa shape index (κ2) is 6.02. The summed E-state index contributed by atoms with van der Waals surface area (Å²) in [6, 6.07) is 3.02. The Morgan fingerprint density at radius 1 is 1.22 bits per heavy atom. The molecule has 1 aromatic rings. The summed E-state index contributed by atoms with van der Waals surface area (Å²) in [7, 11) is 3.08. The fraction of sp³-hybridized carbons (Fsp3) is 0.538. The molecule has 1 saturated heterocycles. The number of rotatable bonds is 4. The van der Waals surface area contributed by atoms with Crippen LogP contribution in [0.4, 0.5) is 4.39 Å². The van der Waals surface area contributed by atoms with Crippen molar-refractivity contribution in [1.29, 1.82) is 0 Å². The maximum absolute atomic E-state index is 13.7. The highest BCUT2D eigenvalue weighted by Crippen LogP contribution is 2.32. The molecule has 0 aliphatic carbocycles. The van der Waals surface area contributed by atoms with Crippen LogP contribution in [0.25, 0.3) is 0 Å². The molecular formula is C13H19FN2O2. The molecule has 0 radical (unpaired) electrons. The molecule has 0 unspecified atom stereocenters.